The molecule has 25 heavy (non-hydrogen) atoms. The van der Waals surface area contributed by atoms with Crippen molar-refractivity contribution in [3.8, 4) is 5.75 Å². The first kappa shape index (κ1) is 15.4. The van der Waals surface area contributed by atoms with Crippen molar-refractivity contribution in [3.05, 3.63) is 84.1 Å². The fraction of sp³-hybridized carbons (Fsp3) is 0.0870. The van der Waals surface area contributed by atoms with Crippen molar-refractivity contribution in [2.75, 3.05) is 6.61 Å². The van der Waals surface area contributed by atoms with E-state index in [4.69, 9.17) is 9.72 Å². The fourth-order valence-corrected chi connectivity index (χ4v) is 3.07. The molecule has 0 saturated heterocycles. The molecule has 0 amide bonds. The summed E-state index contributed by atoms with van der Waals surface area (Å²) in [5, 5.41) is 3.54. The molecule has 3 aromatic carbocycles. The molecule has 0 N–H and O–H groups in total. The minimum atomic E-state index is 0.646. The van der Waals surface area contributed by atoms with E-state index >= 15 is 0 Å². The van der Waals surface area contributed by atoms with Gasteiger partial charge in [-0.15, -0.1) is 0 Å². The zero-order valence-electron chi connectivity index (χ0n) is 14.1. The van der Waals surface area contributed by atoms with Gasteiger partial charge in [0.2, 0.25) is 0 Å². The van der Waals surface area contributed by atoms with Crippen LogP contribution in [0.4, 0.5) is 0 Å². The molecule has 4 aromatic rings. The maximum Gasteiger partial charge on any atom is 0.127 e. The molecule has 2 nitrogen and oxygen atoms in total. The smallest absolute Gasteiger partial charge is 0.127 e. The molecule has 4 rings (SSSR count). The molecular formula is C23H19NO. The minimum absolute atomic E-state index is 0.646. The van der Waals surface area contributed by atoms with Crippen molar-refractivity contribution in [2.45, 2.75) is 6.92 Å². The Labute approximate surface area is 147 Å². The predicted octanol–water partition coefficient (Wildman–Crippen LogP) is 5.96. The second-order valence-electron chi connectivity index (χ2n) is 5.89. The normalized spacial score (nSPS) is 11.4. The molecule has 122 valence electrons. The van der Waals surface area contributed by atoms with Gasteiger partial charge in [-0.25, -0.2) is 4.98 Å². The van der Waals surface area contributed by atoms with E-state index in [0.29, 0.717) is 6.61 Å². The van der Waals surface area contributed by atoms with Crippen molar-refractivity contribution in [1.29, 1.82) is 0 Å². The van der Waals surface area contributed by atoms with E-state index in [-0.39, 0.29) is 0 Å². The van der Waals surface area contributed by atoms with E-state index in [9.17, 15) is 0 Å². The highest BCUT2D eigenvalue weighted by atomic mass is 16.5. The van der Waals surface area contributed by atoms with E-state index in [0.717, 1.165) is 27.9 Å². The van der Waals surface area contributed by atoms with Gasteiger partial charge < -0.3 is 4.74 Å². The summed E-state index contributed by atoms with van der Waals surface area (Å²) in [6, 6.07) is 24.8. The third-order valence-electron chi connectivity index (χ3n) is 4.27. The van der Waals surface area contributed by atoms with Gasteiger partial charge in [0.1, 0.15) is 5.75 Å². The molecule has 0 radical (unpaired) electrons. The molecule has 0 saturated carbocycles. The molecular weight excluding hydrogens is 306 g/mol. The SMILES string of the molecule is CCOc1ccc2ccccc2c1/C=C/c1ccc2ccccc2n1. The van der Waals surface area contributed by atoms with Crippen LogP contribution in [0.2, 0.25) is 0 Å². The van der Waals surface area contributed by atoms with Crippen molar-refractivity contribution in [2.24, 2.45) is 0 Å². The van der Waals surface area contributed by atoms with E-state index < -0.39 is 0 Å². The highest BCUT2D eigenvalue weighted by Crippen LogP contribution is 2.30. The molecule has 0 fully saturated rings. The van der Waals surface area contributed by atoms with Crippen molar-refractivity contribution in [1.82, 2.24) is 4.98 Å². The number of rotatable bonds is 4. The molecule has 0 aliphatic heterocycles. The van der Waals surface area contributed by atoms with Crippen LogP contribution < -0.4 is 4.74 Å². The van der Waals surface area contributed by atoms with Crippen molar-refractivity contribution in [3.63, 3.8) is 0 Å². The lowest BCUT2D eigenvalue weighted by molar-refractivity contribution is 0.340. The quantitative estimate of drug-likeness (QED) is 0.462. The zero-order chi connectivity index (χ0) is 17.1. The second kappa shape index (κ2) is 6.78. The van der Waals surface area contributed by atoms with Crippen molar-refractivity contribution < 1.29 is 4.74 Å². The van der Waals surface area contributed by atoms with Gasteiger partial charge in [-0.2, -0.15) is 0 Å². The summed E-state index contributed by atoms with van der Waals surface area (Å²) in [7, 11) is 0. The van der Waals surface area contributed by atoms with Crippen LogP contribution in [0.25, 0.3) is 33.8 Å². The molecule has 2 heteroatoms. The van der Waals surface area contributed by atoms with E-state index in [1.54, 1.807) is 0 Å². The Morgan fingerprint density at radius 2 is 1.56 bits per heavy atom. The first-order valence-corrected chi connectivity index (χ1v) is 8.53. The molecule has 0 aliphatic carbocycles. The fourth-order valence-electron chi connectivity index (χ4n) is 3.07. The number of aromatic nitrogens is 1. The van der Waals surface area contributed by atoms with Crippen LogP contribution in [0, 0.1) is 0 Å². The summed E-state index contributed by atoms with van der Waals surface area (Å²) in [4.78, 5) is 4.72. The van der Waals surface area contributed by atoms with E-state index in [2.05, 4.69) is 54.6 Å². The molecule has 1 heterocycles. The molecule has 0 aliphatic rings. The Hall–Kier alpha value is -3.13. The average molecular weight is 325 g/mol. The lowest BCUT2D eigenvalue weighted by Crippen LogP contribution is -1.94. The average Bonchev–Trinajstić information content (AvgIpc) is 2.67. The Kier molecular flexibility index (Phi) is 4.17. The zero-order valence-corrected chi connectivity index (χ0v) is 14.1. The van der Waals surface area contributed by atoms with Gasteiger partial charge in [0, 0.05) is 10.9 Å². The van der Waals surface area contributed by atoms with Crippen LogP contribution in [0.5, 0.6) is 5.75 Å². The van der Waals surface area contributed by atoms with Gasteiger partial charge >= 0.3 is 0 Å². The third-order valence-corrected chi connectivity index (χ3v) is 4.27. The van der Waals surface area contributed by atoms with Gasteiger partial charge in [-0.1, -0.05) is 54.6 Å². The Morgan fingerprint density at radius 1 is 0.800 bits per heavy atom. The summed E-state index contributed by atoms with van der Waals surface area (Å²) in [5.74, 6) is 0.901. The van der Waals surface area contributed by atoms with E-state index in [1.165, 1.54) is 10.8 Å². The van der Waals surface area contributed by atoms with Crippen molar-refractivity contribution >= 4 is 33.8 Å². The number of benzene rings is 3. The van der Waals surface area contributed by atoms with Crippen LogP contribution in [0.3, 0.4) is 0 Å². The summed E-state index contributed by atoms with van der Waals surface area (Å²) in [6.45, 7) is 2.65. The lowest BCUT2D eigenvalue weighted by atomic mass is 10.0. The van der Waals surface area contributed by atoms with Gasteiger partial charge in [0.15, 0.2) is 0 Å². The summed E-state index contributed by atoms with van der Waals surface area (Å²) in [5.41, 5.74) is 3.04. The number of pyridine rings is 1. The number of fused-ring (bicyclic) bond motifs is 2. The van der Waals surface area contributed by atoms with Gasteiger partial charge in [0.05, 0.1) is 17.8 Å². The third kappa shape index (κ3) is 3.11. The maximum absolute atomic E-state index is 5.83. The van der Waals surface area contributed by atoms with Crippen LogP contribution in [0.15, 0.2) is 72.8 Å². The number of hydrogen-bond donors (Lipinski definition) is 0. The van der Waals surface area contributed by atoms with Crippen LogP contribution in [0.1, 0.15) is 18.2 Å². The number of ether oxygens (including phenoxy) is 1. The second-order valence-corrected chi connectivity index (χ2v) is 5.89. The highest BCUT2D eigenvalue weighted by Gasteiger charge is 2.06. The monoisotopic (exact) mass is 325 g/mol. The summed E-state index contributed by atoms with van der Waals surface area (Å²) in [6.07, 6.45) is 4.15. The lowest BCUT2D eigenvalue weighted by Gasteiger charge is -2.10. The van der Waals surface area contributed by atoms with E-state index in [1.807, 2.05) is 37.3 Å². The maximum atomic E-state index is 5.83. The standard InChI is InChI=1S/C23H19NO/c1-2-25-23-16-12-17-7-3-5-9-20(17)21(23)15-14-19-13-11-18-8-4-6-10-22(18)24-19/h3-16H,2H2,1H3/b15-14+. The molecule has 0 spiro atoms. The molecule has 0 unspecified atom stereocenters. The number of para-hydroxylation sites is 1. The van der Waals surface area contributed by atoms with Gasteiger partial charge in [-0.05, 0) is 48.0 Å². The molecule has 0 atom stereocenters. The Bertz CT molecular complexity index is 1070. The van der Waals surface area contributed by atoms with Gasteiger partial charge in [-0.3, -0.25) is 0 Å². The van der Waals surface area contributed by atoms with Crippen LogP contribution in [-0.4, -0.2) is 11.6 Å². The van der Waals surface area contributed by atoms with Gasteiger partial charge in [0.25, 0.3) is 0 Å². The Morgan fingerprint density at radius 3 is 2.44 bits per heavy atom. The van der Waals surface area contributed by atoms with Crippen LogP contribution >= 0.6 is 0 Å². The minimum Gasteiger partial charge on any atom is -0.493 e. The number of nitrogens with zero attached hydrogens (tertiary/aromatic N) is 1. The first-order chi connectivity index (χ1) is 12.3. The van der Waals surface area contributed by atoms with Crippen LogP contribution in [-0.2, 0) is 0 Å². The number of hydrogen-bond acceptors (Lipinski definition) is 2. The largest absolute Gasteiger partial charge is 0.493 e. The topological polar surface area (TPSA) is 22.1 Å². The predicted molar refractivity (Wildman–Crippen MR) is 106 cm³/mol. The summed E-state index contributed by atoms with van der Waals surface area (Å²) < 4.78 is 5.83. The molecule has 0 bridgehead atoms. The molecule has 1 aromatic heterocycles. The first-order valence-electron chi connectivity index (χ1n) is 8.53. The highest BCUT2D eigenvalue weighted by molar-refractivity contribution is 5.95. The Balaban J connectivity index is 1.80. The summed E-state index contributed by atoms with van der Waals surface area (Å²) >= 11 is 0.